The van der Waals surface area contributed by atoms with E-state index in [-0.39, 0.29) is 12.5 Å². The molecular formula is C26H30N2O4. The molecule has 3 rings (SSSR count). The SMILES string of the molecule is COc1cc(OC)c(OC)cc1CNC(=O)CN(Cc1ccccc1)c1ccc(C)cc1. The molecule has 0 atom stereocenters. The first-order chi connectivity index (χ1) is 15.5. The van der Waals surface area contributed by atoms with Crippen molar-refractivity contribution in [2.75, 3.05) is 32.8 Å². The van der Waals surface area contributed by atoms with E-state index in [0.29, 0.717) is 30.3 Å². The van der Waals surface area contributed by atoms with Gasteiger partial charge in [-0.25, -0.2) is 0 Å². The summed E-state index contributed by atoms with van der Waals surface area (Å²) >= 11 is 0. The summed E-state index contributed by atoms with van der Waals surface area (Å²) in [6.07, 6.45) is 0. The number of nitrogens with zero attached hydrogens (tertiary/aromatic N) is 1. The molecule has 0 saturated heterocycles. The molecule has 3 aromatic carbocycles. The van der Waals surface area contributed by atoms with Crippen LogP contribution in [0.1, 0.15) is 16.7 Å². The lowest BCUT2D eigenvalue weighted by Crippen LogP contribution is -2.36. The normalized spacial score (nSPS) is 10.4. The molecule has 0 aliphatic rings. The zero-order chi connectivity index (χ0) is 22.9. The predicted octanol–water partition coefficient (Wildman–Crippen LogP) is 4.34. The number of ether oxygens (including phenoxy) is 3. The molecule has 0 aliphatic carbocycles. The summed E-state index contributed by atoms with van der Waals surface area (Å²) in [6.45, 7) is 3.23. The maximum absolute atomic E-state index is 12.9. The second-order valence-electron chi connectivity index (χ2n) is 7.47. The molecule has 3 aromatic rings. The van der Waals surface area contributed by atoms with Crippen molar-refractivity contribution in [2.24, 2.45) is 0 Å². The van der Waals surface area contributed by atoms with Crippen molar-refractivity contribution in [2.45, 2.75) is 20.0 Å². The van der Waals surface area contributed by atoms with E-state index in [1.54, 1.807) is 27.4 Å². The van der Waals surface area contributed by atoms with Crippen LogP contribution in [0.2, 0.25) is 0 Å². The van der Waals surface area contributed by atoms with Crippen LogP contribution in [-0.2, 0) is 17.9 Å². The van der Waals surface area contributed by atoms with Crippen LogP contribution in [-0.4, -0.2) is 33.8 Å². The highest BCUT2D eigenvalue weighted by Gasteiger charge is 2.15. The summed E-state index contributed by atoms with van der Waals surface area (Å²) in [5.41, 5.74) is 4.13. The maximum atomic E-state index is 12.9. The topological polar surface area (TPSA) is 60.0 Å². The minimum atomic E-state index is -0.0849. The van der Waals surface area contributed by atoms with Crippen LogP contribution >= 0.6 is 0 Å². The molecule has 0 saturated carbocycles. The first kappa shape index (κ1) is 23.0. The second-order valence-corrected chi connectivity index (χ2v) is 7.47. The molecule has 32 heavy (non-hydrogen) atoms. The average molecular weight is 435 g/mol. The van der Waals surface area contributed by atoms with E-state index >= 15 is 0 Å². The molecule has 1 N–H and O–H groups in total. The molecular weight excluding hydrogens is 404 g/mol. The second kappa shape index (κ2) is 11.1. The fraction of sp³-hybridized carbons (Fsp3) is 0.269. The fourth-order valence-electron chi connectivity index (χ4n) is 3.45. The Morgan fingerprint density at radius 2 is 1.47 bits per heavy atom. The number of rotatable bonds is 10. The highest BCUT2D eigenvalue weighted by molar-refractivity contribution is 5.81. The van der Waals surface area contributed by atoms with Gasteiger partial charge in [-0.1, -0.05) is 48.0 Å². The maximum Gasteiger partial charge on any atom is 0.239 e. The number of carbonyl (C=O) groups is 1. The van der Waals surface area contributed by atoms with Crippen LogP contribution in [0, 0.1) is 6.92 Å². The minimum Gasteiger partial charge on any atom is -0.496 e. The number of carbonyl (C=O) groups excluding carboxylic acids is 1. The largest absolute Gasteiger partial charge is 0.496 e. The number of nitrogens with one attached hydrogen (secondary N) is 1. The van der Waals surface area contributed by atoms with Gasteiger partial charge in [0.2, 0.25) is 5.91 Å². The summed E-state index contributed by atoms with van der Waals surface area (Å²) in [7, 11) is 4.74. The molecule has 0 bridgehead atoms. The van der Waals surface area contributed by atoms with Crippen molar-refractivity contribution in [3.63, 3.8) is 0 Å². The Hall–Kier alpha value is -3.67. The van der Waals surface area contributed by atoms with E-state index in [1.165, 1.54) is 5.56 Å². The Balaban J connectivity index is 1.73. The number of amides is 1. The van der Waals surface area contributed by atoms with Gasteiger partial charge in [-0.2, -0.15) is 0 Å². The fourth-order valence-corrected chi connectivity index (χ4v) is 3.45. The molecule has 168 valence electrons. The number of hydrogen-bond acceptors (Lipinski definition) is 5. The van der Waals surface area contributed by atoms with Gasteiger partial charge >= 0.3 is 0 Å². The zero-order valence-corrected chi connectivity index (χ0v) is 19.1. The summed E-state index contributed by atoms with van der Waals surface area (Å²) < 4.78 is 16.2. The van der Waals surface area contributed by atoms with Gasteiger partial charge in [-0.3, -0.25) is 4.79 Å². The number of benzene rings is 3. The van der Waals surface area contributed by atoms with E-state index in [0.717, 1.165) is 16.8 Å². The summed E-state index contributed by atoms with van der Waals surface area (Å²) in [6, 6.07) is 21.9. The lowest BCUT2D eigenvalue weighted by molar-refractivity contribution is -0.119. The Bertz CT molecular complexity index is 1020. The van der Waals surface area contributed by atoms with Crippen LogP contribution in [0.15, 0.2) is 66.7 Å². The number of hydrogen-bond donors (Lipinski definition) is 1. The molecule has 0 unspecified atom stereocenters. The minimum absolute atomic E-state index is 0.0849. The van der Waals surface area contributed by atoms with Crippen molar-refractivity contribution in [3.05, 3.63) is 83.4 Å². The molecule has 0 radical (unpaired) electrons. The summed E-state index contributed by atoms with van der Waals surface area (Å²) in [4.78, 5) is 15.0. The van der Waals surface area contributed by atoms with Gasteiger partial charge < -0.3 is 24.4 Å². The van der Waals surface area contributed by atoms with E-state index in [9.17, 15) is 4.79 Å². The number of aryl methyl sites for hydroxylation is 1. The molecule has 0 aliphatic heterocycles. The van der Waals surface area contributed by atoms with Gasteiger partial charge in [0, 0.05) is 30.4 Å². The molecule has 0 heterocycles. The molecule has 6 nitrogen and oxygen atoms in total. The zero-order valence-electron chi connectivity index (χ0n) is 19.1. The highest BCUT2D eigenvalue weighted by Crippen LogP contribution is 2.34. The third-order valence-electron chi connectivity index (χ3n) is 5.21. The quantitative estimate of drug-likeness (QED) is 0.514. The third kappa shape index (κ3) is 5.94. The Labute approximate surface area is 189 Å². The molecule has 6 heteroatoms. The number of methoxy groups -OCH3 is 3. The first-order valence-corrected chi connectivity index (χ1v) is 10.4. The van der Waals surface area contributed by atoms with Crippen molar-refractivity contribution in [1.82, 2.24) is 5.32 Å². The Kier molecular flexibility index (Phi) is 7.97. The lowest BCUT2D eigenvalue weighted by Gasteiger charge is -2.25. The predicted molar refractivity (Wildman–Crippen MR) is 127 cm³/mol. The smallest absolute Gasteiger partial charge is 0.239 e. The van der Waals surface area contributed by atoms with Crippen LogP contribution in [0.4, 0.5) is 5.69 Å². The van der Waals surface area contributed by atoms with Crippen molar-refractivity contribution < 1.29 is 19.0 Å². The van der Waals surface area contributed by atoms with Crippen molar-refractivity contribution in [1.29, 1.82) is 0 Å². The van der Waals surface area contributed by atoms with Crippen LogP contribution in [0.5, 0.6) is 17.2 Å². The lowest BCUT2D eigenvalue weighted by atomic mass is 10.1. The van der Waals surface area contributed by atoms with Crippen molar-refractivity contribution >= 4 is 11.6 Å². The molecule has 1 amide bonds. The van der Waals surface area contributed by atoms with Gasteiger partial charge in [0.25, 0.3) is 0 Å². The Morgan fingerprint density at radius 3 is 2.09 bits per heavy atom. The molecule has 0 spiro atoms. The number of anilines is 1. The van der Waals surface area contributed by atoms with E-state index in [1.807, 2.05) is 36.4 Å². The summed E-state index contributed by atoms with van der Waals surface area (Å²) in [5.74, 6) is 1.71. The van der Waals surface area contributed by atoms with Crippen LogP contribution < -0.4 is 24.4 Å². The Morgan fingerprint density at radius 1 is 0.844 bits per heavy atom. The van der Waals surface area contributed by atoms with E-state index in [4.69, 9.17) is 14.2 Å². The monoisotopic (exact) mass is 434 g/mol. The van der Waals surface area contributed by atoms with Gasteiger partial charge in [-0.15, -0.1) is 0 Å². The average Bonchev–Trinajstić information content (AvgIpc) is 2.82. The summed E-state index contributed by atoms with van der Waals surface area (Å²) in [5, 5.41) is 3.00. The van der Waals surface area contributed by atoms with E-state index < -0.39 is 0 Å². The first-order valence-electron chi connectivity index (χ1n) is 10.4. The standard InChI is InChI=1S/C26H30N2O4/c1-19-10-12-22(13-11-19)28(17-20-8-6-5-7-9-20)18-26(29)27-16-21-14-24(31-3)25(32-4)15-23(21)30-2/h5-15H,16-18H2,1-4H3,(H,27,29). The molecule has 0 aromatic heterocycles. The third-order valence-corrected chi connectivity index (χ3v) is 5.21. The molecule has 0 fully saturated rings. The van der Waals surface area contributed by atoms with Gasteiger partial charge in [0.05, 0.1) is 27.9 Å². The highest BCUT2D eigenvalue weighted by atomic mass is 16.5. The van der Waals surface area contributed by atoms with Gasteiger partial charge in [0.15, 0.2) is 11.5 Å². The van der Waals surface area contributed by atoms with Gasteiger partial charge in [-0.05, 0) is 30.7 Å². The van der Waals surface area contributed by atoms with Crippen LogP contribution in [0.25, 0.3) is 0 Å². The van der Waals surface area contributed by atoms with Gasteiger partial charge in [0.1, 0.15) is 5.75 Å². The van der Waals surface area contributed by atoms with Crippen LogP contribution in [0.3, 0.4) is 0 Å². The van der Waals surface area contributed by atoms with E-state index in [2.05, 4.69) is 41.4 Å². The van der Waals surface area contributed by atoms with Crippen molar-refractivity contribution in [3.8, 4) is 17.2 Å².